The predicted octanol–water partition coefficient (Wildman–Crippen LogP) is 0.909. The summed E-state index contributed by atoms with van der Waals surface area (Å²) in [5, 5.41) is 17.0. The number of rotatable bonds is 3. The molecule has 2 atom stereocenters. The number of hydrogen-bond donors (Lipinski definition) is 3. The minimum absolute atomic E-state index is 0.193. The second-order valence-electron chi connectivity index (χ2n) is 5.07. The molecule has 0 aromatic carbocycles. The van der Waals surface area contributed by atoms with Crippen molar-refractivity contribution in [3.8, 4) is 0 Å². The van der Waals surface area contributed by atoms with Gasteiger partial charge in [-0.1, -0.05) is 19.3 Å². The van der Waals surface area contributed by atoms with Crippen molar-refractivity contribution in [1.29, 1.82) is 0 Å². The third-order valence-corrected chi connectivity index (χ3v) is 3.63. The lowest BCUT2D eigenvalue weighted by atomic mass is 10.1. The maximum Gasteiger partial charge on any atom is 0.274 e. The minimum atomic E-state index is -0.471. The lowest BCUT2D eigenvalue weighted by Gasteiger charge is -2.21. The molecule has 1 aliphatic rings. The second-order valence-corrected chi connectivity index (χ2v) is 5.07. The number of nitrogens with one attached hydrogen (secondary N) is 1. The van der Waals surface area contributed by atoms with Crippen LogP contribution in [-0.4, -0.2) is 32.9 Å². The van der Waals surface area contributed by atoms with Crippen LogP contribution in [0.2, 0.25) is 0 Å². The molecule has 1 aromatic heterocycles. The van der Waals surface area contributed by atoms with E-state index < -0.39 is 6.10 Å². The van der Waals surface area contributed by atoms with Crippen LogP contribution in [0.25, 0.3) is 0 Å². The van der Waals surface area contributed by atoms with E-state index in [1.807, 2.05) is 6.92 Å². The van der Waals surface area contributed by atoms with Gasteiger partial charge in [0.05, 0.1) is 17.8 Å². The average Bonchev–Trinajstić information content (AvgIpc) is 2.66. The standard InChI is InChI=1S/C13H22N4O2/c1-2-17-8-9(14)12(16-17)13(19)15-10-6-4-3-5-7-11(10)18/h8,10-11,18H,2-7,14H2,1H3,(H,15,19). The summed E-state index contributed by atoms with van der Waals surface area (Å²) in [6.45, 7) is 2.60. The van der Waals surface area contributed by atoms with E-state index in [1.54, 1.807) is 10.9 Å². The van der Waals surface area contributed by atoms with E-state index in [1.165, 1.54) is 0 Å². The lowest BCUT2D eigenvalue weighted by molar-refractivity contribution is 0.0814. The maximum absolute atomic E-state index is 12.1. The first-order chi connectivity index (χ1) is 9.11. The molecule has 1 heterocycles. The number of amides is 1. The summed E-state index contributed by atoms with van der Waals surface area (Å²) in [4.78, 5) is 12.1. The van der Waals surface area contributed by atoms with E-state index in [4.69, 9.17) is 5.73 Å². The molecule has 4 N–H and O–H groups in total. The first-order valence-corrected chi connectivity index (χ1v) is 6.93. The Kier molecular flexibility index (Phi) is 4.42. The zero-order valence-electron chi connectivity index (χ0n) is 11.3. The van der Waals surface area contributed by atoms with Gasteiger partial charge < -0.3 is 16.2 Å². The Bertz CT molecular complexity index is 444. The van der Waals surface area contributed by atoms with Crippen LogP contribution in [0.4, 0.5) is 5.69 Å². The van der Waals surface area contributed by atoms with E-state index in [0.29, 0.717) is 12.2 Å². The minimum Gasteiger partial charge on any atom is -0.396 e. The summed E-state index contributed by atoms with van der Waals surface area (Å²) >= 11 is 0. The molecule has 6 nitrogen and oxygen atoms in total. The van der Waals surface area contributed by atoms with Crippen LogP contribution < -0.4 is 11.1 Å². The Balaban J connectivity index is 2.04. The third kappa shape index (κ3) is 3.26. The van der Waals surface area contributed by atoms with Gasteiger partial charge in [0.25, 0.3) is 5.91 Å². The topological polar surface area (TPSA) is 93.2 Å². The normalized spacial score (nSPS) is 23.9. The zero-order chi connectivity index (χ0) is 13.8. The van der Waals surface area contributed by atoms with Gasteiger partial charge in [0.15, 0.2) is 5.69 Å². The molecule has 1 saturated carbocycles. The summed E-state index contributed by atoms with van der Waals surface area (Å²) in [5.41, 5.74) is 6.41. The van der Waals surface area contributed by atoms with Gasteiger partial charge in [-0.25, -0.2) is 0 Å². The Morgan fingerprint density at radius 1 is 1.53 bits per heavy atom. The first kappa shape index (κ1) is 13.9. The van der Waals surface area contributed by atoms with Crippen LogP contribution in [0.1, 0.15) is 49.5 Å². The van der Waals surface area contributed by atoms with Crippen molar-refractivity contribution >= 4 is 11.6 Å². The highest BCUT2D eigenvalue weighted by atomic mass is 16.3. The van der Waals surface area contributed by atoms with Gasteiger partial charge in [0.1, 0.15) is 0 Å². The number of nitrogens with zero attached hydrogens (tertiary/aromatic N) is 2. The molecule has 1 aliphatic carbocycles. The summed E-state index contributed by atoms with van der Waals surface area (Å²) < 4.78 is 1.63. The van der Waals surface area contributed by atoms with Crippen LogP contribution in [0.15, 0.2) is 6.20 Å². The monoisotopic (exact) mass is 266 g/mol. The Hall–Kier alpha value is -1.56. The van der Waals surface area contributed by atoms with Gasteiger partial charge in [-0.15, -0.1) is 0 Å². The number of carbonyl (C=O) groups is 1. The number of hydrogen-bond acceptors (Lipinski definition) is 4. The molecule has 6 heteroatoms. The largest absolute Gasteiger partial charge is 0.396 e. The van der Waals surface area contributed by atoms with Crippen molar-refractivity contribution in [1.82, 2.24) is 15.1 Å². The fraction of sp³-hybridized carbons (Fsp3) is 0.692. The summed E-state index contributed by atoms with van der Waals surface area (Å²) in [7, 11) is 0. The summed E-state index contributed by atoms with van der Waals surface area (Å²) in [6, 6.07) is -0.193. The number of nitrogens with two attached hydrogens (primary N) is 1. The highest BCUT2D eigenvalue weighted by Crippen LogP contribution is 2.19. The smallest absolute Gasteiger partial charge is 0.274 e. The molecule has 0 spiro atoms. The van der Waals surface area contributed by atoms with Crippen LogP contribution in [-0.2, 0) is 6.54 Å². The summed E-state index contributed by atoms with van der Waals surface area (Å²) in [5.74, 6) is -0.296. The molecule has 0 aliphatic heterocycles. The van der Waals surface area contributed by atoms with E-state index in [0.717, 1.165) is 32.1 Å². The van der Waals surface area contributed by atoms with Gasteiger partial charge in [-0.05, 0) is 19.8 Å². The van der Waals surface area contributed by atoms with Crippen molar-refractivity contribution in [3.05, 3.63) is 11.9 Å². The maximum atomic E-state index is 12.1. The quantitative estimate of drug-likeness (QED) is 0.709. The van der Waals surface area contributed by atoms with Crippen LogP contribution in [0.5, 0.6) is 0 Å². The molecule has 1 aromatic rings. The molecule has 2 unspecified atom stereocenters. The van der Waals surface area contributed by atoms with Crippen LogP contribution >= 0.6 is 0 Å². The van der Waals surface area contributed by atoms with E-state index in [-0.39, 0.29) is 17.6 Å². The van der Waals surface area contributed by atoms with Crippen molar-refractivity contribution < 1.29 is 9.90 Å². The van der Waals surface area contributed by atoms with Gasteiger partial charge in [-0.2, -0.15) is 5.10 Å². The average molecular weight is 266 g/mol. The Morgan fingerprint density at radius 2 is 2.26 bits per heavy atom. The van der Waals surface area contributed by atoms with Crippen molar-refractivity contribution in [2.24, 2.45) is 0 Å². The fourth-order valence-corrected chi connectivity index (χ4v) is 2.47. The molecule has 19 heavy (non-hydrogen) atoms. The lowest BCUT2D eigenvalue weighted by Crippen LogP contribution is -2.43. The van der Waals surface area contributed by atoms with Crippen LogP contribution in [0, 0.1) is 0 Å². The fourth-order valence-electron chi connectivity index (χ4n) is 2.47. The molecule has 0 bridgehead atoms. The summed E-state index contributed by atoms with van der Waals surface area (Å²) in [6.07, 6.45) is 5.88. The van der Waals surface area contributed by atoms with Gasteiger partial charge in [-0.3, -0.25) is 9.48 Å². The molecular formula is C13H22N4O2. The molecule has 1 fully saturated rings. The number of nitrogen functional groups attached to an aromatic ring is 1. The van der Waals surface area contributed by atoms with Gasteiger partial charge in [0.2, 0.25) is 0 Å². The number of aryl methyl sites for hydroxylation is 1. The molecule has 2 rings (SSSR count). The van der Waals surface area contributed by atoms with Crippen molar-refractivity contribution in [2.45, 2.75) is 57.7 Å². The van der Waals surface area contributed by atoms with Crippen molar-refractivity contribution in [3.63, 3.8) is 0 Å². The molecule has 1 amide bonds. The second kappa shape index (κ2) is 6.06. The van der Waals surface area contributed by atoms with E-state index in [2.05, 4.69) is 10.4 Å². The SMILES string of the molecule is CCn1cc(N)c(C(=O)NC2CCCCCC2O)n1. The third-order valence-electron chi connectivity index (χ3n) is 3.63. The molecule has 0 radical (unpaired) electrons. The highest BCUT2D eigenvalue weighted by molar-refractivity contribution is 5.97. The van der Waals surface area contributed by atoms with Crippen molar-refractivity contribution in [2.75, 3.05) is 5.73 Å². The van der Waals surface area contributed by atoms with Crippen LogP contribution in [0.3, 0.4) is 0 Å². The Labute approximate surface area is 113 Å². The van der Waals surface area contributed by atoms with E-state index in [9.17, 15) is 9.90 Å². The first-order valence-electron chi connectivity index (χ1n) is 6.93. The van der Waals surface area contributed by atoms with Gasteiger partial charge >= 0.3 is 0 Å². The van der Waals surface area contributed by atoms with Gasteiger partial charge in [0, 0.05) is 12.7 Å². The molecular weight excluding hydrogens is 244 g/mol. The highest BCUT2D eigenvalue weighted by Gasteiger charge is 2.25. The zero-order valence-corrected chi connectivity index (χ0v) is 11.3. The number of aliphatic hydroxyl groups excluding tert-OH is 1. The Morgan fingerprint density at radius 3 is 2.95 bits per heavy atom. The number of carbonyl (C=O) groups excluding carboxylic acids is 1. The number of aromatic nitrogens is 2. The number of anilines is 1. The number of aliphatic hydroxyl groups is 1. The molecule has 0 saturated heterocycles. The van der Waals surface area contributed by atoms with E-state index >= 15 is 0 Å². The predicted molar refractivity (Wildman–Crippen MR) is 72.7 cm³/mol. The molecule has 106 valence electrons.